The van der Waals surface area contributed by atoms with Crippen molar-refractivity contribution >= 4 is 34.5 Å². The Kier molecular flexibility index (Phi) is 4.84. The summed E-state index contributed by atoms with van der Waals surface area (Å²) in [6, 6.07) is 15.3. The molecule has 0 aliphatic rings. The third kappa shape index (κ3) is 3.98. The fourth-order valence-electron chi connectivity index (χ4n) is 2.60. The summed E-state index contributed by atoms with van der Waals surface area (Å²) in [4.78, 5) is 28.0. The molecule has 2 heterocycles. The Labute approximate surface area is 160 Å². The molecule has 2 N–H and O–H groups in total. The van der Waals surface area contributed by atoms with Gasteiger partial charge in [0.15, 0.2) is 5.65 Å². The number of fused-ring (bicyclic) bond motifs is 1. The van der Waals surface area contributed by atoms with Crippen LogP contribution in [0.3, 0.4) is 0 Å². The fraction of sp³-hybridized carbons (Fsp3) is 0.100. The molecule has 6 nitrogen and oxygen atoms in total. The number of rotatable bonds is 5. The highest BCUT2D eigenvalue weighted by Gasteiger charge is 2.08. The van der Waals surface area contributed by atoms with E-state index in [2.05, 4.69) is 25.3 Å². The Morgan fingerprint density at radius 3 is 2.59 bits per heavy atom. The van der Waals surface area contributed by atoms with E-state index in [0.717, 1.165) is 33.1 Å². The Hall–Kier alpha value is -3.19. The average molecular weight is 375 g/mol. The number of hydrogen-bond acceptors (Lipinski definition) is 5. The molecule has 0 aliphatic heterocycles. The molecule has 0 atom stereocenters. The van der Waals surface area contributed by atoms with Gasteiger partial charge in [-0.05, 0) is 36.8 Å². The van der Waals surface area contributed by atoms with Crippen molar-refractivity contribution < 1.29 is 4.79 Å². The zero-order chi connectivity index (χ0) is 18.6. The van der Waals surface area contributed by atoms with Crippen molar-refractivity contribution in [1.29, 1.82) is 0 Å². The van der Waals surface area contributed by atoms with Crippen LogP contribution in [0.1, 0.15) is 21.5 Å². The number of amides is 1. The van der Waals surface area contributed by atoms with Gasteiger partial charge in [-0.2, -0.15) is 0 Å². The van der Waals surface area contributed by atoms with Crippen molar-refractivity contribution in [3.05, 3.63) is 77.9 Å². The number of H-pyrrole nitrogens is 1. The summed E-state index contributed by atoms with van der Waals surface area (Å²) in [5.41, 5.74) is 5.19. The van der Waals surface area contributed by atoms with E-state index in [1.54, 1.807) is 18.1 Å². The topological polar surface area (TPSA) is 83.6 Å². The zero-order valence-corrected chi connectivity index (χ0v) is 15.5. The number of nitrogens with one attached hydrogen (secondary N) is 2. The van der Waals surface area contributed by atoms with Crippen LogP contribution in [0.2, 0.25) is 0 Å². The minimum atomic E-state index is -0.118. The van der Waals surface area contributed by atoms with Crippen LogP contribution in [0.25, 0.3) is 11.2 Å². The number of hydrogen-bond donors (Lipinski definition) is 2. The fourth-order valence-corrected chi connectivity index (χ4v) is 3.51. The number of aromatic amines is 1. The van der Waals surface area contributed by atoms with E-state index in [1.165, 1.54) is 6.33 Å². The van der Waals surface area contributed by atoms with Crippen LogP contribution in [0, 0.1) is 6.92 Å². The lowest BCUT2D eigenvalue weighted by atomic mass is 10.1. The van der Waals surface area contributed by atoms with Crippen LogP contribution >= 0.6 is 11.8 Å². The SMILES string of the molecule is Cc1ccc(NC(=O)c2ccc(CSc3ncnc4nc[nH]c34)cc2)cc1. The quantitative estimate of drug-likeness (QED) is 0.403. The molecule has 0 radical (unpaired) electrons. The highest BCUT2D eigenvalue weighted by molar-refractivity contribution is 7.98. The van der Waals surface area contributed by atoms with E-state index >= 15 is 0 Å². The number of aromatic nitrogens is 4. The maximum Gasteiger partial charge on any atom is 0.255 e. The number of benzene rings is 2. The molecule has 4 aromatic rings. The molecule has 4 rings (SSSR count). The van der Waals surface area contributed by atoms with Gasteiger partial charge in [0.1, 0.15) is 16.9 Å². The lowest BCUT2D eigenvalue weighted by Gasteiger charge is -2.07. The van der Waals surface area contributed by atoms with Gasteiger partial charge in [0, 0.05) is 17.0 Å². The first-order valence-electron chi connectivity index (χ1n) is 8.43. The molecule has 27 heavy (non-hydrogen) atoms. The first-order valence-corrected chi connectivity index (χ1v) is 9.41. The van der Waals surface area contributed by atoms with Gasteiger partial charge in [0.2, 0.25) is 0 Å². The van der Waals surface area contributed by atoms with Crippen molar-refractivity contribution in [2.45, 2.75) is 17.7 Å². The molecule has 0 fully saturated rings. The smallest absolute Gasteiger partial charge is 0.255 e. The lowest BCUT2D eigenvalue weighted by molar-refractivity contribution is 0.102. The van der Waals surface area contributed by atoms with Crippen molar-refractivity contribution in [3.8, 4) is 0 Å². The third-order valence-electron chi connectivity index (χ3n) is 4.09. The average Bonchev–Trinajstić information content (AvgIpc) is 3.18. The summed E-state index contributed by atoms with van der Waals surface area (Å²) in [5, 5.41) is 3.77. The van der Waals surface area contributed by atoms with Crippen LogP contribution in [0.15, 0.2) is 66.2 Å². The van der Waals surface area contributed by atoms with E-state index in [9.17, 15) is 4.79 Å². The number of carbonyl (C=O) groups excluding carboxylic acids is 1. The number of thioether (sulfide) groups is 1. The Balaban J connectivity index is 1.40. The molecule has 2 aromatic heterocycles. The number of imidazole rings is 1. The normalized spacial score (nSPS) is 10.9. The Morgan fingerprint density at radius 1 is 1.04 bits per heavy atom. The summed E-state index contributed by atoms with van der Waals surface area (Å²) >= 11 is 1.60. The monoisotopic (exact) mass is 375 g/mol. The van der Waals surface area contributed by atoms with E-state index in [4.69, 9.17) is 0 Å². The van der Waals surface area contributed by atoms with E-state index in [0.29, 0.717) is 11.2 Å². The van der Waals surface area contributed by atoms with Gasteiger partial charge in [0.05, 0.1) is 6.33 Å². The Bertz CT molecular complexity index is 1070. The number of anilines is 1. The second kappa shape index (κ2) is 7.59. The van der Waals surface area contributed by atoms with Crippen LogP contribution in [-0.2, 0) is 5.75 Å². The van der Waals surface area contributed by atoms with Gasteiger partial charge < -0.3 is 10.3 Å². The predicted molar refractivity (Wildman–Crippen MR) is 107 cm³/mol. The number of carbonyl (C=O) groups is 1. The van der Waals surface area contributed by atoms with Gasteiger partial charge >= 0.3 is 0 Å². The van der Waals surface area contributed by atoms with Crippen molar-refractivity contribution in [3.63, 3.8) is 0 Å². The maximum atomic E-state index is 12.4. The van der Waals surface area contributed by atoms with Crippen LogP contribution in [-0.4, -0.2) is 25.8 Å². The minimum Gasteiger partial charge on any atom is -0.341 e. The molecule has 0 saturated heterocycles. The first kappa shape index (κ1) is 17.2. The predicted octanol–water partition coefficient (Wildman–Crippen LogP) is 4.21. The van der Waals surface area contributed by atoms with Gasteiger partial charge in [-0.3, -0.25) is 4.79 Å². The molecule has 2 aromatic carbocycles. The van der Waals surface area contributed by atoms with Crippen LogP contribution in [0.5, 0.6) is 0 Å². The number of nitrogens with zero attached hydrogens (tertiary/aromatic N) is 3. The zero-order valence-electron chi connectivity index (χ0n) is 14.6. The Morgan fingerprint density at radius 2 is 1.81 bits per heavy atom. The van der Waals surface area contributed by atoms with Crippen LogP contribution in [0.4, 0.5) is 5.69 Å². The second-order valence-corrected chi connectivity index (χ2v) is 7.05. The van der Waals surface area contributed by atoms with Gasteiger partial charge in [-0.25, -0.2) is 15.0 Å². The summed E-state index contributed by atoms with van der Waals surface area (Å²) in [7, 11) is 0. The van der Waals surface area contributed by atoms with E-state index in [-0.39, 0.29) is 5.91 Å². The van der Waals surface area contributed by atoms with Crippen molar-refractivity contribution in [1.82, 2.24) is 19.9 Å². The highest BCUT2D eigenvalue weighted by Crippen LogP contribution is 2.25. The molecule has 0 aliphatic carbocycles. The highest BCUT2D eigenvalue weighted by atomic mass is 32.2. The molecule has 7 heteroatoms. The molecule has 1 amide bonds. The van der Waals surface area contributed by atoms with Gasteiger partial charge in [-0.15, -0.1) is 0 Å². The molecule has 0 unspecified atom stereocenters. The van der Waals surface area contributed by atoms with E-state index < -0.39 is 0 Å². The number of aryl methyl sites for hydroxylation is 1. The van der Waals surface area contributed by atoms with Crippen molar-refractivity contribution in [2.24, 2.45) is 0 Å². The molecular formula is C20H17N5OS. The molecular weight excluding hydrogens is 358 g/mol. The molecule has 134 valence electrons. The van der Waals surface area contributed by atoms with Crippen LogP contribution < -0.4 is 5.32 Å². The molecule has 0 saturated carbocycles. The second-order valence-electron chi connectivity index (χ2n) is 6.09. The van der Waals surface area contributed by atoms with Gasteiger partial charge in [0.25, 0.3) is 5.91 Å². The minimum absolute atomic E-state index is 0.118. The summed E-state index contributed by atoms with van der Waals surface area (Å²) in [6.07, 6.45) is 3.13. The summed E-state index contributed by atoms with van der Waals surface area (Å²) < 4.78 is 0. The summed E-state index contributed by atoms with van der Waals surface area (Å²) in [6.45, 7) is 2.02. The maximum absolute atomic E-state index is 12.4. The van der Waals surface area contributed by atoms with Gasteiger partial charge in [-0.1, -0.05) is 41.6 Å². The third-order valence-corrected chi connectivity index (χ3v) is 5.15. The largest absolute Gasteiger partial charge is 0.341 e. The van der Waals surface area contributed by atoms with Crippen molar-refractivity contribution in [2.75, 3.05) is 5.32 Å². The molecule has 0 spiro atoms. The first-order chi connectivity index (χ1) is 13.2. The lowest BCUT2D eigenvalue weighted by Crippen LogP contribution is -2.11. The molecule has 0 bridgehead atoms. The summed E-state index contributed by atoms with van der Waals surface area (Å²) in [5.74, 6) is 0.623. The standard InChI is InChI=1S/C20H17N5OS/c1-13-2-8-16(9-3-13)25-19(26)15-6-4-14(5-7-15)10-27-20-17-18(22-11-21-17)23-12-24-20/h2-9,11-12H,10H2,1H3,(H,25,26)(H,21,22,23,24). The van der Waals surface area contributed by atoms with E-state index in [1.807, 2.05) is 55.5 Å².